The standard InChI is InChI=1S/C16H21N3O3/c17-13-5-1-4-12-14(13)16(21)19(15(12)20)10-3-2-6-18(7-10)11-8-22-9-11/h1,4-5,10-11,15,20H,2-3,6-9,17H2/t10-,15?/m0/s1. The Labute approximate surface area is 129 Å². The van der Waals surface area contributed by atoms with Crippen molar-refractivity contribution in [2.24, 2.45) is 0 Å². The number of aliphatic hydroxyl groups is 1. The number of benzene rings is 1. The molecule has 1 aromatic rings. The number of rotatable bonds is 2. The van der Waals surface area contributed by atoms with Crippen molar-refractivity contribution in [3.8, 4) is 0 Å². The Morgan fingerprint density at radius 3 is 2.77 bits per heavy atom. The number of nitrogen functional groups attached to an aromatic ring is 1. The van der Waals surface area contributed by atoms with Crippen LogP contribution in [0.25, 0.3) is 0 Å². The van der Waals surface area contributed by atoms with Crippen molar-refractivity contribution in [3.63, 3.8) is 0 Å². The van der Waals surface area contributed by atoms with E-state index < -0.39 is 6.23 Å². The molecule has 1 unspecified atom stereocenters. The van der Waals surface area contributed by atoms with E-state index in [2.05, 4.69) is 4.90 Å². The van der Waals surface area contributed by atoms with E-state index >= 15 is 0 Å². The molecule has 0 radical (unpaired) electrons. The van der Waals surface area contributed by atoms with Crippen molar-refractivity contribution in [2.45, 2.75) is 31.2 Å². The molecule has 2 saturated heterocycles. The van der Waals surface area contributed by atoms with Crippen molar-refractivity contribution in [3.05, 3.63) is 29.3 Å². The van der Waals surface area contributed by atoms with Crippen LogP contribution in [0.2, 0.25) is 0 Å². The van der Waals surface area contributed by atoms with Crippen LogP contribution in [0, 0.1) is 0 Å². The van der Waals surface area contributed by atoms with Gasteiger partial charge in [-0.05, 0) is 25.5 Å². The minimum atomic E-state index is -0.881. The molecule has 2 fully saturated rings. The molecular formula is C16H21N3O3. The van der Waals surface area contributed by atoms with Gasteiger partial charge in [-0.2, -0.15) is 0 Å². The summed E-state index contributed by atoms with van der Waals surface area (Å²) in [5.41, 5.74) is 7.49. The summed E-state index contributed by atoms with van der Waals surface area (Å²) in [5.74, 6) is -0.141. The van der Waals surface area contributed by atoms with Crippen molar-refractivity contribution >= 4 is 11.6 Å². The Bertz CT molecular complexity index is 602. The largest absolute Gasteiger partial charge is 0.398 e. The number of nitrogens with two attached hydrogens (primary N) is 1. The Morgan fingerprint density at radius 2 is 2.09 bits per heavy atom. The van der Waals surface area contributed by atoms with Crippen LogP contribution >= 0.6 is 0 Å². The van der Waals surface area contributed by atoms with Gasteiger partial charge in [-0.1, -0.05) is 12.1 Å². The molecule has 0 saturated carbocycles. The quantitative estimate of drug-likeness (QED) is 0.781. The Morgan fingerprint density at radius 1 is 1.27 bits per heavy atom. The lowest BCUT2D eigenvalue weighted by Crippen LogP contribution is -2.57. The van der Waals surface area contributed by atoms with Gasteiger partial charge in [-0.25, -0.2) is 0 Å². The van der Waals surface area contributed by atoms with E-state index in [1.165, 1.54) is 0 Å². The number of likely N-dealkylation sites (tertiary alicyclic amines) is 1. The molecule has 1 amide bonds. The monoisotopic (exact) mass is 303 g/mol. The zero-order valence-electron chi connectivity index (χ0n) is 12.4. The summed E-state index contributed by atoms with van der Waals surface area (Å²) in [6.45, 7) is 3.38. The van der Waals surface area contributed by atoms with Gasteiger partial charge in [-0.3, -0.25) is 9.69 Å². The van der Waals surface area contributed by atoms with E-state index in [0.717, 1.165) is 39.1 Å². The van der Waals surface area contributed by atoms with Gasteiger partial charge < -0.3 is 20.5 Å². The number of piperidine rings is 1. The third kappa shape index (κ3) is 2.02. The average molecular weight is 303 g/mol. The highest BCUT2D eigenvalue weighted by Crippen LogP contribution is 2.38. The summed E-state index contributed by atoms with van der Waals surface area (Å²) < 4.78 is 5.27. The topological polar surface area (TPSA) is 79.0 Å². The zero-order valence-corrected chi connectivity index (χ0v) is 12.4. The van der Waals surface area contributed by atoms with E-state index in [1.807, 2.05) is 0 Å². The third-order valence-electron chi connectivity index (χ3n) is 5.08. The molecule has 3 heterocycles. The molecule has 3 N–H and O–H groups in total. The number of anilines is 1. The highest BCUT2D eigenvalue weighted by Gasteiger charge is 2.43. The van der Waals surface area contributed by atoms with E-state index in [0.29, 0.717) is 22.9 Å². The molecule has 3 aliphatic rings. The predicted molar refractivity (Wildman–Crippen MR) is 81.2 cm³/mol. The maximum atomic E-state index is 12.7. The number of nitrogens with zero attached hydrogens (tertiary/aromatic N) is 2. The fourth-order valence-corrected chi connectivity index (χ4v) is 3.78. The van der Waals surface area contributed by atoms with Crippen LogP contribution in [0.15, 0.2) is 18.2 Å². The molecule has 3 aliphatic heterocycles. The molecule has 0 spiro atoms. The third-order valence-corrected chi connectivity index (χ3v) is 5.08. The normalized spacial score (nSPS) is 29.5. The second kappa shape index (κ2) is 5.22. The lowest BCUT2D eigenvalue weighted by atomic mass is 10.0. The first-order chi connectivity index (χ1) is 10.7. The molecule has 0 aliphatic carbocycles. The minimum Gasteiger partial charge on any atom is -0.398 e. The van der Waals surface area contributed by atoms with Gasteiger partial charge >= 0.3 is 0 Å². The maximum Gasteiger partial charge on any atom is 0.258 e. The fourth-order valence-electron chi connectivity index (χ4n) is 3.78. The van der Waals surface area contributed by atoms with Gasteiger partial charge in [0.2, 0.25) is 0 Å². The fraction of sp³-hybridized carbons (Fsp3) is 0.562. The first kappa shape index (κ1) is 14.0. The molecule has 118 valence electrons. The SMILES string of the molecule is Nc1cccc2c1C(=O)N([C@H]1CCCN(C3COC3)C1)C2O. The molecule has 0 bridgehead atoms. The van der Waals surface area contributed by atoms with Crippen molar-refractivity contribution in [2.75, 3.05) is 32.0 Å². The number of fused-ring (bicyclic) bond motifs is 1. The second-order valence-corrected chi connectivity index (χ2v) is 6.38. The molecule has 6 heteroatoms. The van der Waals surface area contributed by atoms with Gasteiger partial charge in [0.1, 0.15) is 0 Å². The summed E-state index contributed by atoms with van der Waals surface area (Å²) in [4.78, 5) is 16.7. The van der Waals surface area contributed by atoms with Crippen LogP contribution in [0.5, 0.6) is 0 Å². The average Bonchev–Trinajstić information content (AvgIpc) is 2.70. The zero-order chi connectivity index (χ0) is 15.3. The summed E-state index contributed by atoms with van der Waals surface area (Å²) >= 11 is 0. The summed E-state index contributed by atoms with van der Waals surface area (Å²) in [5, 5.41) is 10.6. The van der Waals surface area contributed by atoms with E-state index in [-0.39, 0.29) is 11.9 Å². The van der Waals surface area contributed by atoms with Crippen molar-refractivity contribution < 1.29 is 14.6 Å². The summed E-state index contributed by atoms with van der Waals surface area (Å²) in [6, 6.07) is 5.78. The highest BCUT2D eigenvalue weighted by atomic mass is 16.5. The van der Waals surface area contributed by atoms with Gasteiger partial charge in [0.05, 0.1) is 24.8 Å². The minimum absolute atomic E-state index is 0.0312. The number of carbonyl (C=O) groups excluding carboxylic acids is 1. The van der Waals surface area contributed by atoms with Crippen LogP contribution in [-0.4, -0.2) is 59.2 Å². The number of aliphatic hydroxyl groups excluding tert-OH is 1. The number of hydrogen-bond donors (Lipinski definition) is 2. The van der Waals surface area contributed by atoms with Gasteiger partial charge in [0.15, 0.2) is 6.23 Å². The Hall–Kier alpha value is -1.63. The second-order valence-electron chi connectivity index (χ2n) is 6.38. The summed E-state index contributed by atoms with van der Waals surface area (Å²) in [6.07, 6.45) is 1.07. The highest BCUT2D eigenvalue weighted by molar-refractivity contribution is 6.03. The first-order valence-corrected chi connectivity index (χ1v) is 7.87. The van der Waals surface area contributed by atoms with Gasteiger partial charge in [0, 0.05) is 23.8 Å². The van der Waals surface area contributed by atoms with Crippen molar-refractivity contribution in [1.29, 1.82) is 0 Å². The van der Waals surface area contributed by atoms with Gasteiger partial charge in [0.25, 0.3) is 5.91 Å². The van der Waals surface area contributed by atoms with Crippen LogP contribution < -0.4 is 5.73 Å². The summed E-state index contributed by atoms with van der Waals surface area (Å²) in [7, 11) is 0. The van der Waals surface area contributed by atoms with Gasteiger partial charge in [-0.15, -0.1) is 0 Å². The Kier molecular flexibility index (Phi) is 3.32. The van der Waals surface area contributed by atoms with E-state index in [9.17, 15) is 9.90 Å². The molecule has 1 aromatic carbocycles. The van der Waals surface area contributed by atoms with Crippen molar-refractivity contribution in [1.82, 2.24) is 9.80 Å². The molecule has 2 atom stereocenters. The van der Waals surface area contributed by atoms with E-state index in [1.54, 1.807) is 23.1 Å². The lowest BCUT2D eigenvalue weighted by molar-refractivity contribution is -0.0876. The smallest absolute Gasteiger partial charge is 0.258 e. The number of amides is 1. The lowest BCUT2D eigenvalue weighted by Gasteiger charge is -2.44. The number of carbonyl (C=O) groups is 1. The maximum absolute atomic E-state index is 12.7. The Balaban J connectivity index is 1.58. The van der Waals surface area contributed by atoms with Crippen LogP contribution in [-0.2, 0) is 4.74 Å². The molecule has 0 aromatic heterocycles. The van der Waals surface area contributed by atoms with E-state index in [4.69, 9.17) is 10.5 Å². The number of hydrogen-bond acceptors (Lipinski definition) is 5. The molecule has 6 nitrogen and oxygen atoms in total. The molecule has 22 heavy (non-hydrogen) atoms. The number of ether oxygens (including phenoxy) is 1. The molecular weight excluding hydrogens is 282 g/mol. The predicted octanol–water partition coefficient (Wildman–Crippen LogP) is 0.579. The van der Waals surface area contributed by atoms with Crippen LogP contribution in [0.4, 0.5) is 5.69 Å². The molecule has 4 rings (SSSR count). The van der Waals surface area contributed by atoms with Crippen LogP contribution in [0.3, 0.4) is 0 Å². The van der Waals surface area contributed by atoms with Crippen LogP contribution in [0.1, 0.15) is 35.0 Å². The first-order valence-electron chi connectivity index (χ1n) is 7.87.